The number of amides is 1. The van der Waals surface area contributed by atoms with Gasteiger partial charge in [-0.2, -0.15) is 0 Å². The van der Waals surface area contributed by atoms with E-state index in [2.05, 4.69) is 20.3 Å². The van der Waals surface area contributed by atoms with Crippen molar-refractivity contribution in [3.05, 3.63) is 66.5 Å². The quantitative estimate of drug-likeness (QED) is 0.558. The van der Waals surface area contributed by atoms with Gasteiger partial charge in [-0.3, -0.25) is 9.78 Å². The van der Waals surface area contributed by atoms with Gasteiger partial charge in [0.15, 0.2) is 11.5 Å². The predicted octanol–water partition coefficient (Wildman–Crippen LogP) is 4.19. The first-order valence-electron chi connectivity index (χ1n) is 11.4. The molecule has 33 heavy (non-hydrogen) atoms. The van der Waals surface area contributed by atoms with Crippen LogP contribution < -0.4 is 14.8 Å². The number of nitrogens with zero attached hydrogens (tertiary/aromatic N) is 3. The molecule has 1 aromatic carbocycles. The van der Waals surface area contributed by atoms with Gasteiger partial charge in [-0.25, -0.2) is 9.97 Å². The molecule has 1 fully saturated rings. The zero-order chi connectivity index (χ0) is 23.0. The van der Waals surface area contributed by atoms with Crippen molar-refractivity contribution in [1.29, 1.82) is 0 Å². The molecular weight excluding hydrogens is 416 g/mol. The molecule has 0 spiro atoms. The van der Waals surface area contributed by atoms with Crippen LogP contribution in [0, 0.1) is 5.92 Å². The van der Waals surface area contributed by atoms with Crippen molar-refractivity contribution in [2.24, 2.45) is 5.92 Å². The van der Waals surface area contributed by atoms with Gasteiger partial charge in [-0.05, 0) is 67.0 Å². The number of hydrogen-bond acceptors (Lipinski definition) is 6. The summed E-state index contributed by atoms with van der Waals surface area (Å²) in [6.07, 6.45) is 11.7. The van der Waals surface area contributed by atoms with E-state index in [4.69, 9.17) is 9.47 Å². The summed E-state index contributed by atoms with van der Waals surface area (Å²) in [6.45, 7) is 0.708. The molecule has 7 heteroatoms. The van der Waals surface area contributed by atoms with Gasteiger partial charge in [0.1, 0.15) is 6.33 Å². The van der Waals surface area contributed by atoms with E-state index in [0.717, 1.165) is 48.1 Å². The normalized spacial score (nSPS) is 17.9. The molecule has 2 aromatic heterocycles. The molecule has 1 aliphatic rings. The van der Waals surface area contributed by atoms with Gasteiger partial charge >= 0.3 is 0 Å². The SMILES string of the molecule is COc1ccc(CC(=O)NCC2CCC(c3ncncc3-c3ccncc3)CC2)cc1OC. The third-order valence-corrected chi connectivity index (χ3v) is 6.37. The molecule has 2 heterocycles. The first-order chi connectivity index (χ1) is 16.2. The Labute approximate surface area is 194 Å². The summed E-state index contributed by atoms with van der Waals surface area (Å²) in [4.78, 5) is 25.5. The summed E-state index contributed by atoms with van der Waals surface area (Å²) >= 11 is 0. The van der Waals surface area contributed by atoms with Crippen LogP contribution in [0.15, 0.2) is 55.2 Å². The van der Waals surface area contributed by atoms with Gasteiger partial charge in [0.2, 0.25) is 5.91 Å². The van der Waals surface area contributed by atoms with Gasteiger partial charge in [-0.15, -0.1) is 0 Å². The smallest absolute Gasteiger partial charge is 0.224 e. The Balaban J connectivity index is 1.29. The zero-order valence-corrected chi connectivity index (χ0v) is 19.2. The molecule has 0 saturated heterocycles. The molecule has 4 rings (SSSR count). The number of rotatable bonds is 8. The van der Waals surface area contributed by atoms with Gasteiger partial charge in [0.05, 0.1) is 26.3 Å². The van der Waals surface area contributed by atoms with Gasteiger partial charge in [0.25, 0.3) is 0 Å². The zero-order valence-electron chi connectivity index (χ0n) is 19.2. The molecule has 0 unspecified atom stereocenters. The Morgan fingerprint density at radius 3 is 2.48 bits per heavy atom. The third-order valence-electron chi connectivity index (χ3n) is 6.37. The second-order valence-electron chi connectivity index (χ2n) is 8.45. The van der Waals surface area contributed by atoms with Crippen molar-refractivity contribution in [2.75, 3.05) is 20.8 Å². The Morgan fingerprint density at radius 1 is 1.00 bits per heavy atom. The predicted molar refractivity (Wildman–Crippen MR) is 126 cm³/mol. The van der Waals surface area contributed by atoms with E-state index < -0.39 is 0 Å². The maximum atomic E-state index is 12.5. The molecule has 0 atom stereocenters. The first kappa shape index (κ1) is 22.7. The number of pyridine rings is 1. The molecule has 3 aromatic rings. The van der Waals surface area contributed by atoms with E-state index in [1.807, 2.05) is 36.5 Å². The summed E-state index contributed by atoms with van der Waals surface area (Å²) in [5.74, 6) is 2.22. The highest BCUT2D eigenvalue weighted by Gasteiger charge is 2.25. The van der Waals surface area contributed by atoms with Crippen LogP contribution in [0.3, 0.4) is 0 Å². The number of carbonyl (C=O) groups excluding carboxylic acids is 1. The minimum absolute atomic E-state index is 0.0279. The van der Waals surface area contributed by atoms with Crippen molar-refractivity contribution in [3.8, 4) is 22.6 Å². The van der Waals surface area contributed by atoms with Crippen LogP contribution in [-0.4, -0.2) is 41.6 Å². The molecule has 1 N–H and O–H groups in total. The summed E-state index contributed by atoms with van der Waals surface area (Å²) in [7, 11) is 3.20. The lowest BCUT2D eigenvalue weighted by atomic mass is 9.79. The topological polar surface area (TPSA) is 86.2 Å². The van der Waals surface area contributed by atoms with Crippen molar-refractivity contribution in [1.82, 2.24) is 20.3 Å². The maximum Gasteiger partial charge on any atom is 0.224 e. The highest BCUT2D eigenvalue weighted by atomic mass is 16.5. The van der Waals surface area contributed by atoms with Crippen molar-refractivity contribution in [3.63, 3.8) is 0 Å². The third kappa shape index (κ3) is 5.66. The second-order valence-corrected chi connectivity index (χ2v) is 8.45. The van der Waals surface area contributed by atoms with Crippen LogP contribution in [-0.2, 0) is 11.2 Å². The van der Waals surface area contributed by atoms with Crippen LogP contribution in [0.4, 0.5) is 0 Å². The largest absolute Gasteiger partial charge is 0.493 e. The number of aromatic nitrogens is 3. The van der Waals surface area contributed by atoms with E-state index >= 15 is 0 Å². The summed E-state index contributed by atoms with van der Waals surface area (Å²) < 4.78 is 10.6. The standard InChI is InChI=1S/C26H30N4O3/c1-32-23-8-5-19(13-24(23)33-2)14-25(31)29-15-18-3-6-21(7-4-18)26-22(16-28-17-30-26)20-9-11-27-12-10-20/h5,8-13,16-18,21H,3-4,6-7,14-15H2,1-2H3,(H,29,31). The minimum Gasteiger partial charge on any atom is -0.493 e. The molecular formula is C26H30N4O3. The van der Waals surface area contributed by atoms with Crippen LogP contribution in [0.25, 0.3) is 11.1 Å². The van der Waals surface area contributed by atoms with Gasteiger partial charge in [0, 0.05) is 36.6 Å². The first-order valence-corrected chi connectivity index (χ1v) is 11.4. The van der Waals surface area contributed by atoms with E-state index in [1.165, 1.54) is 0 Å². The molecule has 7 nitrogen and oxygen atoms in total. The lowest BCUT2D eigenvalue weighted by Crippen LogP contribution is -2.32. The molecule has 0 radical (unpaired) electrons. The lowest BCUT2D eigenvalue weighted by molar-refractivity contribution is -0.120. The molecule has 1 aliphatic carbocycles. The number of methoxy groups -OCH3 is 2. The summed E-state index contributed by atoms with van der Waals surface area (Å²) in [5.41, 5.74) is 4.21. The van der Waals surface area contributed by atoms with E-state index in [1.54, 1.807) is 32.9 Å². The number of ether oxygens (including phenoxy) is 2. The van der Waals surface area contributed by atoms with Crippen LogP contribution in [0.5, 0.6) is 11.5 Å². The monoisotopic (exact) mass is 446 g/mol. The number of benzene rings is 1. The molecule has 172 valence electrons. The van der Waals surface area contributed by atoms with Crippen LogP contribution in [0.1, 0.15) is 42.9 Å². The Kier molecular flexibility index (Phi) is 7.50. The van der Waals surface area contributed by atoms with Gasteiger partial charge < -0.3 is 14.8 Å². The van der Waals surface area contributed by atoms with Gasteiger partial charge in [-0.1, -0.05) is 6.07 Å². The lowest BCUT2D eigenvalue weighted by Gasteiger charge is -2.29. The fourth-order valence-electron chi connectivity index (χ4n) is 4.55. The van der Waals surface area contributed by atoms with Crippen LogP contribution >= 0.6 is 0 Å². The maximum absolute atomic E-state index is 12.5. The fourth-order valence-corrected chi connectivity index (χ4v) is 4.55. The van der Waals surface area contributed by atoms with Crippen LogP contribution in [0.2, 0.25) is 0 Å². The van der Waals surface area contributed by atoms with Crippen molar-refractivity contribution >= 4 is 5.91 Å². The average Bonchev–Trinajstić information content (AvgIpc) is 2.88. The highest BCUT2D eigenvalue weighted by Crippen LogP contribution is 2.38. The summed E-state index contributed by atoms with van der Waals surface area (Å²) in [6, 6.07) is 9.58. The average molecular weight is 447 g/mol. The number of carbonyl (C=O) groups is 1. The molecule has 1 saturated carbocycles. The number of hydrogen-bond donors (Lipinski definition) is 1. The van der Waals surface area contributed by atoms with Crippen molar-refractivity contribution < 1.29 is 14.3 Å². The molecule has 0 aliphatic heterocycles. The van der Waals surface area contributed by atoms with E-state index in [0.29, 0.717) is 36.3 Å². The minimum atomic E-state index is 0.0279. The fraction of sp³-hybridized carbons (Fsp3) is 0.385. The number of nitrogens with one attached hydrogen (secondary N) is 1. The second kappa shape index (κ2) is 10.9. The molecule has 0 bridgehead atoms. The van der Waals surface area contributed by atoms with Crippen molar-refractivity contribution in [2.45, 2.75) is 38.0 Å². The van der Waals surface area contributed by atoms with E-state index in [9.17, 15) is 4.79 Å². The molecule has 1 amide bonds. The highest BCUT2D eigenvalue weighted by molar-refractivity contribution is 5.78. The Bertz CT molecular complexity index is 1070. The van der Waals surface area contributed by atoms with E-state index in [-0.39, 0.29) is 5.91 Å². The summed E-state index contributed by atoms with van der Waals surface area (Å²) in [5, 5.41) is 3.12. The Hall–Kier alpha value is -3.48. The Morgan fingerprint density at radius 2 is 1.76 bits per heavy atom.